The van der Waals surface area contributed by atoms with Crippen LogP contribution in [0.1, 0.15) is 18.5 Å². The zero-order valence-corrected chi connectivity index (χ0v) is 15.3. The van der Waals surface area contributed by atoms with E-state index >= 15 is 0 Å². The molecule has 29 heavy (non-hydrogen) atoms. The van der Waals surface area contributed by atoms with Gasteiger partial charge in [-0.15, -0.1) is 0 Å². The average molecular weight is 382 g/mol. The fourth-order valence-corrected chi connectivity index (χ4v) is 3.38. The van der Waals surface area contributed by atoms with Gasteiger partial charge >= 0.3 is 5.69 Å². The summed E-state index contributed by atoms with van der Waals surface area (Å²) in [6.07, 6.45) is 6.62. The monoisotopic (exact) mass is 382 g/mol. The third-order valence-corrected chi connectivity index (χ3v) is 4.87. The van der Waals surface area contributed by atoms with Crippen molar-refractivity contribution >= 4 is 27.9 Å². The Morgan fingerprint density at radius 1 is 1.21 bits per heavy atom. The van der Waals surface area contributed by atoms with Crippen LogP contribution in [0.5, 0.6) is 0 Å². The number of hydrogen-bond donors (Lipinski definition) is 1. The van der Waals surface area contributed by atoms with Crippen molar-refractivity contribution in [3.8, 4) is 5.95 Å². The second-order valence-electron chi connectivity index (χ2n) is 6.57. The number of aromatic nitrogens is 7. The van der Waals surface area contributed by atoms with Crippen molar-refractivity contribution in [2.24, 2.45) is 0 Å². The molecule has 0 aliphatic heterocycles. The van der Waals surface area contributed by atoms with Crippen LogP contribution in [-0.2, 0) is 0 Å². The number of aromatic amines is 1. The van der Waals surface area contributed by atoms with Crippen LogP contribution in [-0.4, -0.2) is 34.1 Å². The number of pyridine rings is 1. The molecular formula is C20H14N8O. The van der Waals surface area contributed by atoms with E-state index in [4.69, 9.17) is 6.57 Å². The summed E-state index contributed by atoms with van der Waals surface area (Å²) in [6, 6.07) is 8.75. The van der Waals surface area contributed by atoms with Crippen molar-refractivity contribution in [2.75, 3.05) is 0 Å². The lowest BCUT2D eigenvalue weighted by atomic mass is 10.1. The lowest BCUT2D eigenvalue weighted by Crippen LogP contribution is -2.21. The van der Waals surface area contributed by atoms with E-state index in [1.807, 2.05) is 25.1 Å². The van der Waals surface area contributed by atoms with Crippen LogP contribution in [0.15, 0.2) is 60.0 Å². The maximum atomic E-state index is 12.6. The summed E-state index contributed by atoms with van der Waals surface area (Å²) in [5, 5.41) is 0. The van der Waals surface area contributed by atoms with Gasteiger partial charge in [-0.1, -0.05) is 12.1 Å². The number of H-pyrrole nitrogens is 1. The highest BCUT2D eigenvalue weighted by Gasteiger charge is 2.18. The highest BCUT2D eigenvalue weighted by molar-refractivity contribution is 5.81. The van der Waals surface area contributed by atoms with E-state index in [1.54, 1.807) is 46.2 Å². The van der Waals surface area contributed by atoms with Gasteiger partial charge in [-0.3, -0.25) is 14.1 Å². The van der Waals surface area contributed by atoms with Crippen LogP contribution in [0, 0.1) is 6.57 Å². The Hall–Kier alpha value is -4.32. The SMILES string of the molecule is [C-]#[N+]c1ccc2c(c1)ncn2-c1ncc2[nH]c(=O)n(C(C)c3cccnc3)c2n1. The summed E-state index contributed by atoms with van der Waals surface area (Å²) in [4.78, 5) is 36.4. The first-order valence-electron chi connectivity index (χ1n) is 8.88. The molecule has 1 atom stereocenters. The molecule has 5 aromatic rings. The minimum Gasteiger partial charge on any atom is -0.303 e. The second-order valence-corrected chi connectivity index (χ2v) is 6.57. The highest BCUT2D eigenvalue weighted by atomic mass is 16.1. The summed E-state index contributed by atoms with van der Waals surface area (Å²) in [5.74, 6) is 0.390. The third kappa shape index (κ3) is 2.66. The predicted octanol–water partition coefficient (Wildman–Crippen LogP) is 3.01. The van der Waals surface area contributed by atoms with Crippen molar-refractivity contribution < 1.29 is 0 Å². The van der Waals surface area contributed by atoms with Crippen molar-refractivity contribution in [3.05, 3.63) is 82.7 Å². The first kappa shape index (κ1) is 16.8. The molecular weight excluding hydrogens is 368 g/mol. The quantitative estimate of drug-likeness (QED) is 0.484. The van der Waals surface area contributed by atoms with Gasteiger partial charge in [0.1, 0.15) is 11.8 Å². The molecule has 0 radical (unpaired) electrons. The molecule has 0 amide bonds. The van der Waals surface area contributed by atoms with Gasteiger partial charge in [0.15, 0.2) is 11.3 Å². The number of fused-ring (bicyclic) bond motifs is 2. The average Bonchev–Trinajstić information content (AvgIpc) is 3.32. The lowest BCUT2D eigenvalue weighted by molar-refractivity contribution is 0.627. The second kappa shape index (κ2) is 6.38. The molecule has 5 rings (SSSR count). The first-order chi connectivity index (χ1) is 14.2. The fraction of sp³-hybridized carbons (Fsp3) is 0.100. The van der Waals surface area contributed by atoms with Gasteiger partial charge < -0.3 is 4.98 Å². The zero-order chi connectivity index (χ0) is 20.0. The van der Waals surface area contributed by atoms with Gasteiger partial charge in [0.25, 0.3) is 0 Å². The van der Waals surface area contributed by atoms with Crippen LogP contribution in [0.2, 0.25) is 0 Å². The molecule has 4 aromatic heterocycles. The van der Waals surface area contributed by atoms with E-state index < -0.39 is 0 Å². The van der Waals surface area contributed by atoms with Crippen LogP contribution >= 0.6 is 0 Å². The molecule has 1 N–H and O–H groups in total. The van der Waals surface area contributed by atoms with Gasteiger partial charge in [0.05, 0.1) is 29.8 Å². The topological polar surface area (TPSA) is 98.6 Å². The molecule has 0 saturated heterocycles. The number of benzene rings is 1. The van der Waals surface area contributed by atoms with Crippen LogP contribution < -0.4 is 5.69 Å². The van der Waals surface area contributed by atoms with E-state index in [0.717, 1.165) is 11.1 Å². The standard InChI is InChI=1S/C20H14N8O/c1-12(13-4-3-7-22-9-13)28-18-16(25-20(28)29)10-23-19(26-18)27-11-24-15-8-14(21-2)5-6-17(15)27/h3-12H,1H3,(H,25,29). The lowest BCUT2D eigenvalue weighted by Gasteiger charge is -2.13. The minimum absolute atomic E-state index is 0.256. The first-order valence-corrected chi connectivity index (χ1v) is 8.88. The Labute approximate surface area is 164 Å². The maximum Gasteiger partial charge on any atom is 0.328 e. The van der Waals surface area contributed by atoms with Gasteiger partial charge in [-0.2, -0.15) is 4.98 Å². The van der Waals surface area contributed by atoms with Gasteiger partial charge in [-0.05, 0) is 30.7 Å². The molecule has 4 heterocycles. The molecule has 0 saturated carbocycles. The number of nitrogens with one attached hydrogen (secondary N) is 1. The molecule has 1 unspecified atom stereocenters. The van der Waals surface area contributed by atoms with E-state index in [0.29, 0.717) is 28.3 Å². The van der Waals surface area contributed by atoms with Crippen LogP contribution in [0.25, 0.3) is 33.0 Å². The van der Waals surface area contributed by atoms with Crippen molar-refractivity contribution in [1.29, 1.82) is 0 Å². The number of hydrogen-bond acceptors (Lipinski definition) is 5. The molecule has 140 valence electrons. The minimum atomic E-state index is -0.264. The number of imidazole rings is 2. The number of nitrogens with zero attached hydrogens (tertiary/aromatic N) is 7. The van der Waals surface area contributed by atoms with Crippen molar-refractivity contribution in [1.82, 2.24) is 34.1 Å². The summed E-state index contributed by atoms with van der Waals surface area (Å²) in [7, 11) is 0. The molecule has 0 aliphatic carbocycles. The molecule has 1 aromatic carbocycles. The largest absolute Gasteiger partial charge is 0.328 e. The molecule has 9 nitrogen and oxygen atoms in total. The smallest absolute Gasteiger partial charge is 0.303 e. The summed E-state index contributed by atoms with van der Waals surface area (Å²) in [6.45, 7) is 9.07. The summed E-state index contributed by atoms with van der Waals surface area (Å²) >= 11 is 0. The molecule has 0 aliphatic rings. The summed E-state index contributed by atoms with van der Waals surface area (Å²) < 4.78 is 3.33. The Morgan fingerprint density at radius 2 is 2.10 bits per heavy atom. The van der Waals surface area contributed by atoms with E-state index in [1.165, 1.54) is 0 Å². The fourth-order valence-electron chi connectivity index (χ4n) is 3.38. The maximum absolute atomic E-state index is 12.6. The van der Waals surface area contributed by atoms with Crippen molar-refractivity contribution in [2.45, 2.75) is 13.0 Å². The van der Waals surface area contributed by atoms with Crippen LogP contribution in [0.3, 0.4) is 0 Å². The Bertz CT molecular complexity index is 1460. The van der Waals surface area contributed by atoms with Gasteiger partial charge in [0.2, 0.25) is 5.95 Å². The van der Waals surface area contributed by atoms with Crippen molar-refractivity contribution in [3.63, 3.8) is 0 Å². The normalized spacial score (nSPS) is 12.3. The predicted molar refractivity (Wildman–Crippen MR) is 107 cm³/mol. The molecule has 9 heteroatoms. The Balaban J connectivity index is 1.68. The Morgan fingerprint density at radius 3 is 2.90 bits per heavy atom. The van der Waals surface area contributed by atoms with E-state index in [-0.39, 0.29) is 11.7 Å². The third-order valence-electron chi connectivity index (χ3n) is 4.87. The van der Waals surface area contributed by atoms with Gasteiger partial charge in [0, 0.05) is 12.4 Å². The Kier molecular flexibility index (Phi) is 3.70. The van der Waals surface area contributed by atoms with E-state index in [2.05, 4.69) is 29.8 Å². The van der Waals surface area contributed by atoms with Gasteiger partial charge in [-0.25, -0.2) is 19.6 Å². The van der Waals surface area contributed by atoms with Crippen LogP contribution in [0.4, 0.5) is 5.69 Å². The zero-order valence-electron chi connectivity index (χ0n) is 15.3. The molecule has 0 fully saturated rings. The molecule has 0 bridgehead atoms. The summed E-state index contributed by atoms with van der Waals surface area (Å²) in [5.41, 5.74) is 3.66. The highest BCUT2D eigenvalue weighted by Crippen LogP contribution is 2.23. The van der Waals surface area contributed by atoms with E-state index in [9.17, 15) is 4.79 Å². The number of rotatable bonds is 3. The molecule has 0 spiro atoms.